The minimum absolute atomic E-state index is 0.107. The molecular formula is C25H26N4O4S. The van der Waals surface area contributed by atoms with E-state index in [9.17, 15) is 4.79 Å². The molecule has 8 nitrogen and oxygen atoms in total. The van der Waals surface area contributed by atoms with Gasteiger partial charge in [0, 0.05) is 29.0 Å². The summed E-state index contributed by atoms with van der Waals surface area (Å²) < 4.78 is 18.6. The molecule has 0 radical (unpaired) electrons. The molecule has 1 atom stereocenters. The van der Waals surface area contributed by atoms with Crippen LogP contribution in [0.1, 0.15) is 36.4 Å². The summed E-state index contributed by atoms with van der Waals surface area (Å²) in [6.07, 6.45) is 2.10. The molecule has 0 fully saturated rings. The van der Waals surface area contributed by atoms with Crippen LogP contribution in [0.4, 0.5) is 5.95 Å². The van der Waals surface area contributed by atoms with Gasteiger partial charge in [-0.3, -0.25) is 4.79 Å². The molecule has 1 aliphatic heterocycles. The second-order valence-corrected chi connectivity index (χ2v) is 9.00. The van der Waals surface area contributed by atoms with Gasteiger partial charge in [-0.25, -0.2) is 4.68 Å². The summed E-state index contributed by atoms with van der Waals surface area (Å²) in [6, 6.07) is 13.5. The van der Waals surface area contributed by atoms with Crippen molar-refractivity contribution < 1.29 is 19.0 Å². The van der Waals surface area contributed by atoms with E-state index in [2.05, 4.69) is 17.4 Å². The lowest BCUT2D eigenvalue weighted by Crippen LogP contribution is -2.31. The average molecular weight is 479 g/mol. The summed E-state index contributed by atoms with van der Waals surface area (Å²) in [7, 11) is 4.74. The third kappa shape index (κ3) is 3.90. The number of hydrogen-bond acceptors (Lipinski definition) is 8. The van der Waals surface area contributed by atoms with Crippen LogP contribution in [-0.2, 0) is 10.5 Å². The van der Waals surface area contributed by atoms with Crippen molar-refractivity contribution in [2.24, 2.45) is 0 Å². The van der Waals surface area contributed by atoms with Gasteiger partial charge in [0.25, 0.3) is 0 Å². The van der Waals surface area contributed by atoms with Crippen molar-refractivity contribution in [1.29, 1.82) is 0 Å². The molecule has 1 N–H and O–H groups in total. The van der Waals surface area contributed by atoms with E-state index in [-0.39, 0.29) is 5.78 Å². The molecule has 2 aromatic carbocycles. The van der Waals surface area contributed by atoms with Crippen molar-refractivity contribution in [2.75, 3.05) is 26.6 Å². The molecule has 34 heavy (non-hydrogen) atoms. The number of ketones is 1. The fraction of sp³-hybridized carbons (Fsp3) is 0.320. The van der Waals surface area contributed by atoms with Crippen LogP contribution in [0.15, 0.2) is 58.9 Å². The summed E-state index contributed by atoms with van der Waals surface area (Å²) in [5.74, 6) is 3.02. The Morgan fingerprint density at radius 2 is 1.82 bits per heavy atom. The molecule has 3 aromatic rings. The molecule has 1 aromatic heterocycles. The van der Waals surface area contributed by atoms with Gasteiger partial charge in [-0.15, -0.1) is 5.10 Å². The van der Waals surface area contributed by atoms with Crippen LogP contribution < -0.4 is 19.5 Å². The lowest BCUT2D eigenvalue weighted by Gasteiger charge is -2.33. The molecule has 0 unspecified atom stereocenters. The molecule has 0 saturated heterocycles. The zero-order chi connectivity index (χ0) is 23.7. The second kappa shape index (κ2) is 9.42. The Hall–Kier alpha value is -3.46. The smallest absolute Gasteiger partial charge is 0.227 e. The zero-order valence-corrected chi connectivity index (χ0v) is 20.1. The Morgan fingerprint density at radius 1 is 1.03 bits per heavy atom. The predicted molar refractivity (Wildman–Crippen MR) is 130 cm³/mol. The summed E-state index contributed by atoms with van der Waals surface area (Å²) in [5.41, 5.74) is 3.57. The SMILES string of the molecule is COc1ccc([C@H]2C3=C(CCCC3=O)Nc3nc(SCc4ccccc4)nn32)c(OC)c1OC. The molecule has 0 saturated carbocycles. The van der Waals surface area contributed by atoms with Crippen LogP contribution in [-0.4, -0.2) is 41.9 Å². The average Bonchev–Trinajstić information content (AvgIpc) is 3.28. The third-order valence-electron chi connectivity index (χ3n) is 6.09. The third-order valence-corrected chi connectivity index (χ3v) is 7.00. The van der Waals surface area contributed by atoms with Gasteiger partial charge in [0.1, 0.15) is 6.04 Å². The van der Waals surface area contributed by atoms with E-state index in [0.717, 1.165) is 29.9 Å². The Bertz CT molecular complexity index is 1260. The summed E-state index contributed by atoms with van der Waals surface area (Å²) in [4.78, 5) is 17.9. The summed E-state index contributed by atoms with van der Waals surface area (Å²) in [6.45, 7) is 0. The first-order chi connectivity index (χ1) is 16.6. The van der Waals surface area contributed by atoms with Crippen molar-refractivity contribution >= 4 is 23.5 Å². The van der Waals surface area contributed by atoms with E-state index in [1.807, 2.05) is 30.3 Å². The van der Waals surface area contributed by atoms with E-state index in [4.69, 9.17) is 24.3 Å². The number of benzene rings is 2. The number of Topliss-reactive ketones (excluding diaryl/α,β-unsaturated/α-hetero) is 1. The van der Waals surface area contributed by atoms with Gasteiger partial charge >= 0.3 is 0 Å². The highest BCUT2D eigenvalue weighted by Crippen LogP contribution is 2.48. The van der Waals surface area contributed by atoms with Crippen LogP contribution in [0.2, 0.25) is 0 Å². The number of hydrogen-bond donors (Lipinski definition) is 1. The number of nitrogens with zero attached hydrogens (tertiary/aromatic N) is 3. The number of ether oxygens (including phenoxy) is 3. The standard InChI is InChI=1S/C25H26N4O4S/c1-31-19-13-12-16(22(32-2)23(19)33-3)21-20-17(10-7-11-18(20)30)26-24-27-25(28-29(21)24)34-14-15-8-5-4-6-9-15/h4-6,8-9,12-13,21H,7,10-11,14H2,1-3H3,(H,26,27,28)/t21-/m0/s1. The predicted octanol–water partition coefficient (Wildman–Crippen LogP) is 4.62. The van der Waals surface area contributed by atoms with Crippen molar-refractivity contribution in [3.05, 3.63) is 64.9 Å². The highest BCUT2D eigenvalue weighted by molar-refractivity contribution is 7.98. The summed E-state index contributed by atoms with van der Waals surface area (Å²) >= 11 is 1.56. The first-order valence-corrected chi connectivity index (χ1v) is 12.1. The Balaban J connectivity index is 1.60. The molecule has 9 heteroatoms. The topological polar surface area (TPSA) is 87.5 Å². The number of aromatic nitrogens is 3. The quantitative estimate of drug-likeness (QED) is 0.493. The molecule has 0 bridgehead atoms. The molecule has 176 valence electrons. The number of anilines is 1. The maximum atomic E-state index is 13.2. The largest absolute Gasteiger partial charge is 0.493 e. The maximum absolute atomic E-state index is 13.2. The highest BCUT2D eigenvalue weighted by Gasteiger charge is 2.39. The Labute approximate surface area is 202 Å². The van der Waals surface area contributed by atoms with Gasteiger partial charge in [-0.05, 0) is 30.5 Å². The fourth-order valence-corrected chi connectivity index (χ4v) is 5.33. The van der Waals surface area contributed by atoms with Gasteiger partial charge in [0.2, 0.25) is 16.9 Å². The van der Waals surface area contributed by atoms with Crippen molar-refractivity contribution in [1.82, 2.24) is 14.8 Å². The van der Waals surface area contributed by atoms with Crippen LogP contribution in [0, 0.1) is 0 Å². The molecular weight excluding hydrogens is 452 g/mol. The van der Waals surface area contributed by atoms with Crippen LogP contribution in [0.5, 0.6) is 17.2 Å². The summed E-state index contributed by atoms with van der Waals surface area (Å²) in [5, 5.41) is 8.83. The Morgan fingerprint density at radius 3 is 2.56 bits per heavy atom. The number of methoxy groups -OCH3 is 3. The number of thioether (sulfide) groups is 1. The van der Waals surface area contributed by atoms with E-state index in [1.165, 1.54) is 5.56 Å². The molecule has 1 aliphatic carbocycles. The number of rotatable bonds is 7. The van der Waals surface area contributed by atoms with Gasteiger partial charge in [-0.1, -0.05) is 42.1 Å². The van der Waals surface area contributed by atoms with Gasteiger partial charge in [0.05, 0.1) is 21.3 Å². The lowest BCUT2D eigenvalue weighted by atomic mass is 9.85. The number of carbonyl (C=O) groups is 1. The van der Waals surface area contributed by atoms with E-state index in [1.54, 1.807) is 37.8 Å². The molecule has 2 aliphatic rings. The minimum Gasteiger partial charge on any atom is -0.493 e. The monoisotopic (exact) mass is 478 g/mol. The molecule has 0 spiro atoms. The van der Waals surface area contributed by atoms with E-state index < -0.39 is 6.04 Å². The minimum atomic E-state index is -0.479. The van der Waals surface area contributed by atoms with Crippen molar-refractivity contribution in [3.63, 3.8) is 0 Å². The second-order valence-electron chi connectivity index (χ2n) is 8.06. The van der Waals surface area contributed by atoms with Gasteiger partial charge < -0.3 is 19.5 Å². The first-order valence-electron chi connectivity index (χ1n) is 11.1. The zero-order valence-electron chi connectivity index (χ0n) is 19.3. The molecule has 5 rings (SSSR count). The van der Waals surface area contributed by atoms with Crippen LogP contribution in [0.3, 0.4) is 0 Å². The molecule has 2 heterocycles. The first kappa shape index (κ1) is 22.3. The van der Waals surface area contributed by atoms with Crippen LogP contribution >= 0.6 is 11.8 Å². The maximum Gasteiger partial charge on any atom is 0.227 e. The van der Waals surface area contributed by atoms with Crippen LogP contribution in [0.25, 0.3) is 0 Å². The molecule has 0 amide bonds. The lowest BCUT2D eigenvalue weighted by molar-refractivity contribution is -0.116. The number of nitrogens with one attached hydrogen (secondary N) is 1. The number of carbonyl (C=O) groups excluding carboxylic acids is 1. The van der Waals surface area contributed by atoms with Gasteiger partial charge in [-0.2, -0.15) is 4.98 Å². The normalized spacial score (nSPS) is 17.0. The van der Waals surface area contributed by atoms with E-state index >= 15 is 0 Å². The highest BCUT2D eigenvalue weighted by atomic mass is 32.2. The fourth-order valence-electron chi connectivity index (χ4n) is 4.55. The van der Waals surface area contributed by atoms with Gasteiger partial charge in [0.15, 0.2) is 17.3 Å². The number of allylic oxidation sites excluding steroid dienone is 2. The Kier molecular flexibility index (Phi) is 6.19. The number of fused-ring (bicyclic) bond motifs is 1. The van der Waals surface area contributed by atoms with Crippen molar-refractivity contribution in [3.8, 4) is 17.2 Å². The van der Waals surface area contributed by atoms with Crippen molar-refractivity contribution in [2.45, 2.75) is 36.2 Å². The van der Waals surface area contributed by atoms with E-state index in [0.29, 0.717) is 40.3 Å².